The molecule has 0 saturated heterocycles. The number of carbonyl (C=O) groups is 1. The molecule has 2 aromatic carbocycles. The molecule has 3 heteroatoms. The first kappa shape index (κ1) is 13.2. The predicted octanol–water partition coefficient (Wildman–Crippen LogP) is 4.38. The van der Waals surface area contributed by atoms with Crippen LogP contribution in [0.1, 0.15) is 21.5 Å². The van der Waals surface area contributed by atoms with Gasteiger partial charge >= 0.3 is 0 Å². The summed E-state index contributed by atoms with van der Waals surface area (Å²) in [6.07, 6.45) is 1.66. The third-order valence-corrected chi connectivity index (χ3v) is 4.72. The van der Waals surface area contributed by atoms with E-state index in [0.717, 1.165) is 25.6 Å². The van der Waals surface area contributed by atoms with Crippen LogP contribution in [0.5, 0.6) is 0 Å². The average Bonchev–Trinajstić information content (AvgIpc) is 2.49. The number of aryl methyl sites for hydroxylation is 1. The monoisotopic (exact) mass is 373 g/mol. The van der Waals surface area contributed by atoms with Crippen molar-refractivity contribution >= 4 is 39.3 Å². The van der Waals surface area contributed by atoms with E-state index in [1.165, 1.54) is 0 Å². The summed E-state index contributed by atoms with van der Waals surface area (Å²) < 4.78 is 1.00. The fraction of sp³-hybridized carbons (Fsp3) is 0.0588. The van der Waals surface area contributed by atoms with E-state index in [-0.39, 0.29) is 5.78 Å². The first-order valence-corrected chi connectivity index (χ1v) is 7.39. The Labute approximate surface area is 131 Å². The zero-order valence-corrected chi connectivity index (χ0v) is 13.1. The van der Waals surface area contributed by atoms with Crippen LogP contribution in [0.2, 0.25) is 0 Å². The van der Waals surface area contributed by atoms with Gasteiger partial charge in [0, 0.05) is 26.3 Å². The molecule has 0 aliphatic carbocycles. The summed E-state index contributed by atoms with van der Waals surface area (Å²) in [7, 11) is 0. The van der Waals surface area contributed by atoms with Crippen molar-refractivity contribution in [1.82, 2.24) is 4.98 Å². The molecule has 2 nitrogen and oxygen atoms in total. The molecule has 0 bridgehead atoms. The van der Waals surface area contributed by atoms with Crippen molar-refractivity contribution in [2.75, 3.05) is 0 Å². The summed E-state index contributed by atoms with van der Waals surface area (Å²) in [5.74, 6) is 0.0244. The molecule has 20 heavy (non-hydrogen) atoms. The fourth-order valence-corrected chi connectivity index (χ4v) is 2.78. The van der Waals surface area contributed by atoms with Gasteiger partial charge in [-0.15, -0.1) is 0 Å². The Morgan fingerprint density at radius 2 is 1.90 bits per heavy atom. The van der Waals surface area contributed by atoms with Gasteiger partial charge in [0.2, 0.25) is 0 Å². The molecule has 0 fully saturated rings. The van der Waals surface area contributed by atoms with E-state index in [0.29, 0.717) is 5.56 Å². The molecule has 0 radical (unpaired) electrons. The van der Waals surface area contributed by atoms with E-state index >= 15 is 0 Å². The number of aromatic nitrogens is 1. The van der Waals surface area contributed by atoms with Gasteiger partial charge in [0.05, 0.1) is 5.52 Å². The van der Waals surface area contributed by atoms with Crippen molar-refractivity contribution in [2.24, 2.45) is 0 Å². The van der Waals surface area contributed by atoms with Crippen LogP contribution in [0.4, 0.5) is 0 Å². The number of hydrogen-bond acceptors (Lipinski definition) is 2. The molecule has 3 rings (SSSR count). The van der Waals surface area contributed by atoms with Gasteiger partial charge in [0.15, 0.2) is 5.78 Å². The van der Waals surface area contributed by atoms with Crippen LogP contribution in [-0.2, 0) is 0 Å². The van der Waals surface area contributed by atoms with Crippen LogP contribution >= 0.6 is 22.6 Å². The van der Waals surface area contributed by atoms with Crippen LogP contribution < -0.4 is 0 Å². The van der Waals surface area contributed by atoms with Crippen LogP contribution in [-0.4, -0.2) is 10.8 Å². The normalized spacial score (nSPS) is 10.7. The lowest BCUT2D eigenvalue weighted by Crippen LogP contribution is -2.05. The molecule has 98 valence electrons. The summed E-state index contributed by atoms with van der Waals surface area (Å²) >= 11 is 2.22. The number of para-hydroxylation sites is 1. The minimum absolute atomic E-state index is 0.0244. The number of carbonyl (C=O) groups excluding carboxylic acids is 1. The van der Waals surface area contributed by atoms with Crippen molar-refractivity contribution < 1.29 is 4.79 Å². The van der Waals surface area contributed by atoms with Gasteiger partial charge in [-0.1, -0.05) is 30.3 Å². The van der Waals surface area contributed by atoms with Crippen LogP contribution in [0, 0.1) is 10.5 Å². The van der Waals surface area contributed by atoms with Gasteiger partial charge in [0.1, 0.15) is 0 Å². The SMILES string of the molecule is Cc1cccc(C(=O)c2cnc3ccccc3c2)c1I. The summed E-state index contributed by atoms with van der Waals surface area (Å²) in [4.78, 5) is 17.0. The summed E-state index contributed by atoms with van der Waals surface area (Å²) in [5, 5.41) is 0.987. The lowest BCUT2D eigenvalue weighted by atomic mass is 10.0. The Hall–Kier alpha value is -1.75. The van der Waals surface area contributed by atoms with E-state index in [9.17, 15) is 4.79 Å². The van der Waals surface area contributed by atoms with Crippen molar-refractivity contribution in [3.63, 3.8) is 0 Å². The molecule has 0 aliphatic heterocycles. The van der Waals surface area contributed by atoms with Crippen molar-refractivity contribution in [3.8, 4) is 0 Å². The second-order valence-electron chi connectivity index (χ2n) is 4.68. The number of ketones is 1. The fourth-order valence-electron chi connectivity index (χ4n) is 2.17. The molecule has 0 amide bonds. The van der Waals surface area contributed by atoms with Crippen molar-refractivity contribution in [2.45, 2.75) is 6.92 Å². The van der Waals surface area contributed by atoms with E-state index in [1.807, 2.05) is 55.5 Å². The molecule has 1 heterocycles. The van der Waals surface area contributed by atoms with Gasteiger partial charge in [-0.05, 0) is 53.3 Å². The Kier molecular flexibility index (Phi) is 3.53. The number of halogens is 1. The van der Waals surface area contributed by atoms with Crippen LogP contribution in [0.15, 0.2) is 54.7 Å². The number of rotatable bonds is 2. The standard InChI is InChI=1S/C17H12INO/c1-11-5-4-7-14(16(11)18)17(20)13-9-12-6-2-3-8-15(12)19-10-13/h2-10H,1H3. The maximum atomic E-state index is 12.6. The predicted molar refractivity (Wildman–Crippen MR) is 89.1 cm³/mol. The van der Waals surface area contributed by atoms with E-state index in [1.54, 1.807) is 6.20 Å². The topological polar surface area (TPSA) is 30.0 Å². The summed E-state index contributed by atoms with van der Waals surface area (Å²) in [5.41, 5.74) is 3.39. The molecule has 0 N–H and O–H groups in total. The summed E-state index contributed by atoms with van der Waals surface area (Å²) in [6.45, 7) is 2.01. The number of benzene rings is 2. The maximum Gasteiger partial charge on any atom is 0.195 e. The highest BCUT2D eigenvalue weighted by atomic mass is 127. The molecular formula is C17H12INO. The number of hydrogen-bond donors (Lipinski definition) is 0. The Bertz CT molecular complexity index is 811. The van der Waals surface area contributed by atoms with Crippen LogP contribution in [0.3, 0.4) is 0 Å². The zero-order valence-electron chi connectivity index (χ0n) is 10.9. The highest BCUT2D eigenvalue weighted by molar-refractivity contribution is 14.1. The zero-order chi connectivity index (χ0) is 14.1. The second-order valence-corrected chi connectivity index (χ2v) is 5.76. The van der Waals surface area contributed by atoms with Crippen molar-refractivity contribution in [1.29, 1.82) is 0 Å². The second kappa shape index (κ2) is 5.32. The molecule has 0 atom stereocenters. The van der Waals surface area contributed by atoms with Gasteiger partial charge in [-0.25, -0.2) is 0 Å². The highest BCUT2D eigenvalue weighted by Crippen LogP contribution is 2.21. The minimum atomic E-state index is 0.0244. The summed E-state index contributed by atoms with van der Waals surface area (Å²) in [6, 6.07) is 15.5. The number of pyridine rings is 1. The number of nitrogens with zero attached hydrogens (tertiary/aromatic N) is 1. The molecule has 1 aromatic heterocycles. The van der Waals surface area contributed by atoms with E-state index in [2.05, 4.69) is 27.6 Å². The van der Waals surface area contributed by atoms with Gasteiger partial charge in [-0.2, -0.15) is 0 Å². The molecule has 3 aromatic rings. The smallest absolute Gasteiger partial charge is 0.195 e. The largest absolute Gasteiger partial charge is 0.289 e. The molecule has 0 saturated carbocycles. The van der Waals surface area contributed by atoms with E-state index < -0.39 is 0 Å². The van der Waals surface area contributed by atoms with E-state index in [4.69, 9.17) is 0 Å². The van der Waals surface area contributed by atoms with Crippen molar-refractivity contribution in [3.05, 3.63) is 75.0 Å². The third-order valence-electron chi connectivity index (χ3n) is 3.29. The highest BCUT2D eigenvalue weighted by Gasteiger charge is 2.14. The first-order chi connectivity index (χ1) is 9.66. The van der Waals surface area contributed by atoms with Gasteiger partial charge in [-0.3, -0.25) is 9.78 Å². The minimum Gasteiger partial charge on any atom is -0.289 e. The molecule has 0 aliphatic rings. The molecule has 0 spiro atoms. The third kappa shape index (κ3) is 2.33. The average molecular weight is 373 g/mol. The molecular weight excluding hydrogens is 361 g/mol. The quantitative estimate of drug-likeness (QED) is 0.493. The maximum absolute atomic E-state index is 12.6. The van der Waals surface area contributed by atoms with Crippen LogP contribution in [0.25, 0.3) is 10.9 Å². The lowest BCUT2D eigenvalue weighted by Gasteiger charge is -2.07. The van der Waals surface area contributed by atoms with Gasteiger partial charge < -0.3 is 0 Å². The van der Waals surface area contributed by atoms with Gasteiger partial charge in [0.25, 0.3) is 0 Å². The Morgan fingerprint density at radius 1 is 1.10 bits per heavy atom. The number of fused-ring (bicyclic) bond motifs is 1. The first-order valence-electron chi connectivity index (χ1n) is 6.31. The Balaban J connectivity index is 2.10. The Morgan fingerprint density at radius 3 is 2.75 bits per heavy atom. The molecule has 0 unspecified atom stereocenters. The lowest BCUT2D eigenvalue weighted by molar-refractivity contribution is 0.103.